The summed E-state index contributed by atoms with van der Waals surface area (Å²) >= 11 is 1.54. The highest BCUT2D eigenvalue weighted by molar-refractivity contribution is 7.09. The normalized spacial score (nSPS) is 12.5. The fraction of sp³-hybridized carbons (Fsp3) is 0.154. The van der Waals surface area contributed by atoms with E-state index in [1.165, 1.54) is 17.7 Å². The van der Waals surface area contributed by atoms with Gasteiger partial charge in [0.25, 0.3) is 0 Å². The average Bonchev–Trinajstić information content (AvgIpc) is 3.11. The highest BCUT2D eigenvalue weighted by Gasteiger charge is 2.14. The van der Waals surface area contributed by atoms with Crippen molar-refractivity contribution in [2.24, 2.45) is 0 Å². The number of benzene rings is 1. The first-order valence-corrected chi connectivity index (χ1v) is 6.74. The zero-order valence-electron chi connectivity index (χ0n) is 10.0. The van der Waals surface area contributed by atoms with Gasteiger partial charge < -0.3 is 5.11 Å². The summed E-state index contributed by atoms with van der Waals surface area (Å²) in [4.78, 5) is 8.46. The van der Waals surface area contributed by atoms with E-state index in [0.29, 0.717) is 12.2 Å². The summed E-state index contributed by atoms with van der Waals surface area (Å²) in [5.41, 5.74) is 2.02. The van der Waals surface area contributed by atoms with Gasteiger partial charge in [0.15, 0.2) is 5.82 Å². The van der Waals surface area contributed by atoms with Crippen LogP contribution < -0.4 is 0 Å². The molecule has 6 heteroatoms. The molecule has 0 fully saturated rings. The number of nitrogens with one attached hydrogen (secondary N) is 1. The molecule has 2 N–H and O–H groups in total. The van der Waals surface area contributed by atoms with Crippen molar-refractivity contribution in [2.45, 2.75) is 12.5 Å². The molecule has 1 unspecified atom stereocenters. The maximum Gasteiger partial charge on any atom is 0.153 e. The first-order chi connectivity index (χ1) is 9.33. The van der Waals surface area contributed by atoms with Crippen LogP contribution in [0.4, 0.5) is 0 Å². The summed E-state index contributed by atoms with van der Waals surface area (Å²) in [6.45, 7) is 0. The van der Waals surface area contributed by atoms with Crippen LogP contribution in [0.3, 0.4) is 0 Å². The van der Waals surface area contributed by atoms with Gasteiger partial charge in [-0.25, -0.2) is 9.97 Å². The molecule has 5 nitrogen and oxygen atoms in total. The minimum atomic E-state index is -0.697. The van der Waals surface area contributed by atoms with Gasteiger partial charge in [0.1, 0.15) is 12.4 Å². The van der Waals surface area contributed by atoms with E-state index in [2.05, 4.69) is 20.2 Å². The predicted molar refractivity (Wildman–Crippen MR) is 72.6 cm³/mol. The van der Waals surface area contributed by atoms with Gasteiger partial charge in [0, 0.05) is 17.4 Å². The molecular formula is C13H12N4OS. The van der Waals surface area contributed by atoms with E-state index in [4.69, 9.17) is 0 Å². The number of aromatic nitrogens is 4. The molecule has 3 aromatic rings. The van der Waals surface area contributed by atoms with Crippen LogP contribution in [0, 0.1) is 0 Å². The van der Waals surface area contributed by atoms with E-state index in [1.807, 2.05) is 35.7 Å². The van der Waals surface area contributed by atoms with E-state index in [-0.39, 0.29) is 0 Å². The second kappa shape index (κ2) is 5.29. The van der Waals surface area contributed by atoms with Crippen LogP contribution in [0.1, 0.15) is 16.9 Å². The summed E-state index contributed by atoms with van der Waals surface area (Å²) in [5.74, 6) is 0.469. The Labute approximate surface area is 114 Å². The smallest absolute Gasteiger partial charge is 0.153 e. The van der Waals surface area contributed by atoms with Crippen molar-refractivity contribution < 1.29 is 5.11 Å². The topological polar surface area (TPSA) is 74.7 Å². The quantitative estimate of drug-likeness (QED) is 0.763. The van der Waals surface area contributed by atoms with Gasteiger partial charge in [-0.1, -0.05) is 30.3 Å². The largest absolute Gasteiger partial charge is 0.385 e. The number of rotatable bonds is 4. The van der Waals surface area contributed by atoms with Crippen LogP contribution in [0.2, 0.25) is 0 Å². The molecule has 19 heavy (non-hydrogen) atoms. The SMILES string of the molecule is OC(Cc1nc(-c2ccccc2)cs1)c1ncn[nH]1. The van der Waals surface area contributed by atoms with Crippen LogP contribution in [0.25, 0.3) is 11.3 Å². The molecule has 1 atom stereocenters. The molecule has 0 saturated heterocycles. The molecule has 1 aromatic carbocycles. The molecule has 0 saturated carbocycles. The molecule has 2 aromatic heterocycles. The summed E-state index contributed by atoms with van der Waals surface area (Å²) < 4.78 is 0. The standard InChI is InChI=1S/C13H12N4OS/c18-11(13-14-8-15-17-13)6-12-16-10(7-19-12)9-4-2-1-3-5-9/h1-5,7-8,11,18H,6H2,(H,14,15,17). The van der Waals surface area contributed by atoms with E-state index in [1.54, 1.807) is 0 Å². The van der Waals surface area contributed by atoms with Crippen LogP contribution in [0.5, 0.6) is 0 Å². The van der Waals surface area contributed by atoms with Gasteiger partial charge in [-0.15, -0.1) is 11.3 Å². The number of hydrogen-bond donors (Lipinski definition) is 2. The number of aromatic amines is 1. The lowest BCUT2D eigenvalue weighted by atomic mass is 10.2. The number of aliphatic hydroxyl groups excluding tert-OH is 1. The van der Waals surface area contributed by atoms with Gasteiger partial charge in [0.2, 0.25) is 0 Å². The van der Waals surface area contributed by atoms with Crippen molar-refractivity contribution in [3.8, 4) is 11.3 Å². The molecule has 96 valence electrons. The lowest BCUT2D eigenvalue weighted by Crippen LogP contribution is -2.03. The van der Waals surface area contributed by atoms with Crippen molar-refractivity contribution in [3.63, 3.8) is 0 Å². The van der Waals surface area contributed by atoms with E-state index < -0.39 is 6.10 Å². The molecule has 0 aliphatic heterocycles. The number of H-pyrrole nitrogens is 1. The summed E-state index contributed by atoms with van der Waals surface area (Å²) in [7, 11) is 0. The molecule has 0 radical (unpaired) electrons. The summed E-state index contributed by atoms with van der Waals surface area (Å²) in [6, 6.07) is 9.98. The number of aliphatic hydroxyl groups is 1. The van der Waals surface area contributed by atoms with E-state index in [9.17, 15) is 5.11 Å². The first-order valence-electron chi connectivity index (χ1n) is 5.86. The van der Waals surface area contributed by atoms with Gasteiger partial charge in [-0.05, 0) is 0 Å². The van der Waals surface area contributed by atoms with Gasteiger partial charge in [-0.3, -0.25) is 5.10 Å². The van der Waals surface area contributed by atoms with E-state index >= 15 is 0 Å². The molecule has 2 heterocycles. The Morgan fingerprint density at radius 1 is 1.26 bits per heavy atom. The molecule has 0 aliphatic rings. The predicted octanol–water partition coefficient (Wildman–Crippen LogP) is 2.20. The summed E-state index contributed by atoms with van der Waals surface area (Å²) in [6.07, 6.45) is 1.12. The van der Waals surface area contributed by atoms with Crippen LogP contribution in [-0.4, -0.2) is 25.3 Å². The van der Waals surface area contributed by atoms with Crippen molar-refractivity contribution >= 4 is 11.3 Å². The Bertz CT molecular complexity index is 636. The van der Waals surface area contributed by atoms with Gasteiger partial charge in [-0.2, -0.15) is 5.10 Å². The summed E-state index contributed by atoms with van der Waals surface area (Å²) in [5, 5.41) is 19.2. The highest BCUT2D eigenvalue weighted by atomic mass is 32.1. The third-order valence-electron chi connectivity index (χ3n) is 2.74. The maximum absolute atomic E-state index is 9.98. The van der Waals surface area contributed by atoms with Crippen molar-refractivity contribution in [1.82, 2.24) is 20.2 Å². The minimum Gasteiger partial charge on any atom is -0.385 e. The Kier molecular flexibility index (Phi) is 3.35. The third-order valence-corrected chi connectivity index (χ3v) is 3.61. The Morgan fingerprint density at radius 2 is 2.11 bits per heavy atom. The average molecular weight is 272 g/mol. The monoisotopic (exact) mass is 272 g/mol. The van der Waals surface area contributed by atoms with Crippen molar-refractivity contribution in [2.75, 3.05) is 0 Å². The zero-order chi connectivity index (χ0) is 13.1. The minimum absolute atomic E-state index is 0.437. The molecule has 0 spiro atoms. The van der Waals surface area contributed by atoms with Crippen LogP contribution in [0.15, 0.2) is 42.0 Å². The number of hydrogen-bond acceptors (Lipinski definition) is 5. The van der Waals surface area contributed by atoms with Gasteiger partial charge in [0.05, 0.1) is 10.7 Å². The molecular weight excluding hydrogens is 260 g/mol. The van der Waals surface area contributed by atoms with Crippen LogP contribution >= 0.6 is 11.3 Å². The highest BCUT2D eigenvalue weighted by Crippen LogP contribution is 2.24. The van der Waals surface area contributed by atoms with E-state index in [0.717, 1.165) is 16.3 Å². The fourth-order valence-corrected chi connectivity index (χ4v) is 2.63. The third kappa shape index (κ3) is 2.69. The molecule has 0 amide bonds. The lowest BCUT2D eigenvalue weighted by Gasteiger charge is -2.03. The molecule has 0 aliphatic carbocycles. The molecule has 3 rings (SSSR count). The fourth-order valence-electron chi connectivity index (χ4n) is 1.78. The number of thiazole rings is 1. The van der Waals surface area contributed by atoms with Gasteiger partial charge >= 0.3 is 0 Å². The maximum atomic E-state index is 9.98. The lowest BCUT2D eigenvalue weighted by molar-refractivity contribution is 0.168. The van der Waals surface area contributed by atoms with Crippen molar-refractivity contribution in [3.05, 3.63) is 52.9 Å². The Balaban J connectivity index is 1.75. The molecule has 0 bridgehead atoms. The Morgan fingerprint density at radius 3 is 2.84 bits per heavy atom. The second-order valence-corrected chi connectivity index (χ2v) is 5.03. The zero-order valence-corrected chi connectivity index (χ0v) is 10.8. The second-order valence-electron chi connectivity index (χ2n) is 4.08. The Hall–Kier alpha value is -2.05. The number of nitrogens with zero attached hydrogens (tertiary/aromatic N) is 3. The van der Waals surface area contributed by atoms with Crippen LogP contribution in [-0.2, 0) is 6.42 Å². The first kappa shape index (κ1) is 12.0. The van der Waals surface area contributed by atoms with Crippen molar-refractivity contribution in [1.29, 1.82) is 0 Å².